The summed E-state index contributed by atoms with van der Waals surface area (Å²) in [7, 11) is 0. The number of benzene rings is 1. The van der Waals surface area contributed by atoms with E-state index in [1.807, 2.05) is 31.2 Å². The molecular formula is C17H15N3O3. The van der Waals surface area contributed by atoms with Crippen molar-refractivity contribution >= 4 is 21.9 Å². The molecule has 0 spiro atoms. The molecule has 1 N–H and O–H groups in total. The van der Waals surface area contributed by atoms with Crippen LogP contribution in [0.15, 0.2) is 52.1 Å². The average molecular weight is 309 g/mol. The lowest BCUT2D eigenvalue weighted by Crippen LogP contribution is -2.20. The van der Waals surface area contributed by atoms with Crippen LogP contribution in [0.4, 0.5) is 0 Å². The van der Waals surface area contributed by atoms with E-state index in [-0.39, 0.29) is 5.56 Å². The highest BCUT2D eigenvalue weighted by molar-refractivity contribution is 6.04. The van der Waals surface area contributed by atoms with E-state index >= 15 is 0 Å². The van der Waals surface area contributed by atoms with Gasteiger partial charge in [-0.05, 0) is 37.3 Å². The van der Waals surface area contributed by atoms with Gasteiger partial charge in [0.1, 0.15) is 22.5 Å². The molecule has 0 aliphatic heterocycles. The van der Waals surface area contributed by atoms with Crippen molar-refractivity contribution in [2.45, 2.75) is 13.5 Å². The van der Waals surface area contributed by atoms with Crippen LogP contribution in [0.25, 0.3) is 21.9 Å². The Morgan fingerprint density at radius 3 is 3.04 bits per heavy atom. The number of hydrogen-bond donors (Lipinski definition) is 1. The summed E-state index contributed by atoms with van der Waals surface area (Å²) >= 11 is 0. The van der Waals surface area contributed by atoms with Gasteiger partial charge < -0.3 is 14.1 Å². The lowest BCUT2D eigenvalue weighted by molar-refractivity contribution is 0.341. The van der Waals surface area contributed by atoms with E-state index in [0.29, 0.717) is 29.9 Å². The Balaban J connectivity index is 1.87. The van der Waals surface area contributed by atoms with Crippen LogP contribution in [0.5, 0.6) is 5.75 Å². The second-order valence-corrected chi connectivity index (χ2v) is 5.25. The summed E-state index contributed by atoms with van der Waals surface area (Å²) in [5.41, 5.74) is 1.88. The molecule has 0 saturated heterocycles. The van der Waals surface area contributed by atoms with Gasteiger partial charge in [-0.1, -0.05) is 0 Å². The SMILES string of the molecule is CCOc1ccc2[nH]c3c(=O)n(Cc4ccco4)cnc3c2c1. The molecule has 0 fully saturated rings. The van der Waals surface area contributed by atoms with Gasteiger partial charge in [0, 0.05) is 10.9 Å². The fourth-order valence-electron chi connectivity index (χ4n) is 2.71. The van der Waals surface area contributed by atoms with Gasteiger partial charge in [-0.15, -0.1) is 0 Å². The number of nitrogens with zero attached hydrogens (tertiary/aromatic N) is 2. The van der Waals surface area contributed by atoms with E-state index in [1.165, 1.54) is 4.57 Å². The summed E-state index contributed by atoms with van der Waals surface area (Å²) in [5.74, 6) is 1.48. The molecule has 3 heterocycles. The van der Waals surface area contributed by atoms with Crippen LogP contribution in [-0.4, -0.2) is 21.1 Å². The predicted molar refractivity (Wildman–Crippen MR) is 86.8 cm³/mol. The molecule has 6 nitrogen and oxygen atoms in total. The van der Waals surface area contributed by atoms with Crippen LogP contribution >= 0.6 is 0 Å². The Bertz CT molecular complexity index is 1030. The van der Waals surface area contributed by atoms with E-state index in [2.05, 4.69) is 9.97 Å². The molecule has 0 atom stereocenters. The van der Waals surface area contributed by atoms with Gasteiger partial charge in [-0.25, -0.2) is 4.98 Å². The smallest absolute Gasteiger partial charge is 0.278 e. The maximum atomic E-state index is 12.7. The normalized spacial score (nSPS) is 11.3. The number of fused-ring (bicyclic) bond motifs is 3. The summed E-state index contributed by atoms with van der Waals surface area (Å²) in [4.78, 5) is 20.3. The number of furan rings is 1. The van der Waals surface area contributed by atoms with Gasteiger partial charge in [-0.2, -0.15) is 0 Å². The zero-order chi connectivity index (χ0) is 15.8. The first-order chi connectivity index (χ1) is 11.3. The Hall–Kier alpha value is -3.02. The minimum absolute atomic E-state index is 0.124. The van der Waals surface area contributed by atoms with Crippen LogP contribution in [0.1, 0.15) is 12.7 Å². The third-order valence-electron chi connectivity index (χ3n) is 3.76. The molecule has 0 unspecified atom stereocenters. The monoisotopic (exact) mass is 309 g/mol. The van der Waals surface area contributed by atoms with Crippen LogP contribution in [0.2, 0.25) is 0 Å². The Labute approximate surface area is 131 Å². The van der Waals surface area contributed by atoms with Crippen molar-refractivity contribution in [2.24, 2.45) is 0 Å². The fourth-order valence-corrected chi connectivity index (χ4v) is 2.71. The second kappa shape index (κ2) is 5.31. The molecule has 6 heteroatoms. The van der Waals surface area contributed by atoms with Crippen molar-refractivity contribution in [3.05, 3.63) is 59.0 Å². The van der Waals surface area contributed by atoms with E-state index in [1.54, 1.807) is 18.7 Å². The quantitative estimate of drug-likeness (QED) is 0.629. The van der Waals surface area contributed by atoms with Gasteiger partial charge in [0.25, 0.3) is 5.56 Å². The fraction of sp³-hybridized carbons (Fsp3) is 0.176. The highest BCUT2D eigenvalue weighted by Gasteiger charge is 2.12. The summed E-state index contributed by atoms with van der Waals surface area (Å²) in [6, 6.07) is 9.31. The van der Waals surface area contributed by atoms with Crippen molar-refractivity contribution in [3.63, 3.8) is 0 Å². The standard InChI is InChI=1S/C17H15N3O3/c1-2-22-11-5-6-14-13(8-11)15-16(19-14)17(21)20(10-18-15)9-12-4-3-7-23-12/h3-8,10,19H,2,9H2,1H3. The highest BCUT2D eigenvalue weighted by Crippen LogP contribution is 2.25. The molecule has 4 rings (SSSR count). The summed E-state index contributed by atoms with van der Waals surface area (Å²) in [6.07, 6.45) is 3.14. The molecule has 23 heavy (non-hydrogen) atoms. The van der Waals surface area contributed by atoms with Gasteiger partial charge in [0.05, 0.1) is 25.7 Å². The van der Waals surface area contributed by atoms with E-state index in [0.717, 1.165) is 16.7 Å². The summed E-state index contributed by atoms with van der Waals surface area (Å²) in [5, 5.41) is 0.883. The third-order valence-corrected chi connectivity index (χ3v) is 3.76. The molecule has 116 valence electrons. The second-order valence-electron chi connectivity index (χ2n) is 5.25. The number of aromatic amines is 1. The lowest BCUT2D eigenvalue weighted by atomic mass is 10.2. The van der Waals surface area contributed by atoms with E-state index in [4.69, 9.17) is 9.15 Å². The molecule has 0 aliphatic rings. The number of H-pyrrole nitrogens is 1. The minimum atomic E-state index is -0.124. The van der Waals surface area contributed by atoms with Crippen molar-refractivity contribution in [2.75, 3.05) is 6.61 Å². The topological polar surface area (TPSA) is 73.1 Å². The molecule has 0 aliphatic carbocycles. The van der Waals surface area contributed by atoms with Gasteiger partial charge >= 0.3 is 0 Å². The highest BCUT2D eigenvalue weighted by atomic mass is 16.5. The number of rotatable bonds is 4. The average Bonchev–Trinajstić information content (AvgIpc) is 3.18. The molecule has 3 aromatic heterocycles. The molecule has 0 radical (unpaired) electrons. The molecule has 1 aromatic carbocycles. The molecule has 0 saturated carbocycles. The van der Waals surface area contributed by atoms with E-state index in [9.17, 15) is 4.79 Å². The zero-order valence-corrected chi connectivity index (χ0v) is 12.6. The van der Waals surface area contributed by atoms with Crippen LogP contribution < -0.4 is 10.3 Å². The van der Waals surface area contributed by atoms with Gasteiger partial charge in [-0.3, -0.25) is 9.36 Å². The third kappa shape index (κ3) is 2.28. The summed E-state index contributed by atoms with van der Waals surface area (Å²) < 4.78 is 12.3. The number of hydrogen-bond acceptors (Lipinski definition) is 4. The van der Waals surface area contributed by atoms with Crippen molar-refractivity contribution in [1.82, 2.24) is 14.5 Å². The van der Waals surface area contributed by atoms with Crippen LogP contribution in [-0.2, 0) is 6.54 Å². The Kier molecular flexibility index (Phi) is 3.15. The zero-order valence-electron chi connectivity index (χ0n) is 12.6. The van der Waals surface area contributed by atoms with E-state index < -0.39 is 0 Å². The maximum absolute atomic E-state index is 12.7. The van der Waals surface area contributed by atoms with Crippen molar-refractivity contribution in [1.29, 1.82) is 0 Å². The number of aromatic nitrogens is 3. The first-order valence-corrected chi connectivity index (χ1v) is 7.42. The van der Waals surface area contributed by atoms with Crippen LogP contribution in [0.3, 0.4) is 0 Å². The Morgan fingerprint density at radius 1 is 1.35 bits per heavy atom. The first-order valence-electron chi connectivity index (χ1n) is 7.42. The number of nitrogens with one attached hydrogen (secondary N) is 1. The van der Waals surface area contributed by atoms with Gasteiger partial charge in [0.15, 0.2) is 0 Å². The first kappa shape index (κ1) is 13.6. The molecule has 0 amide bonds. The Morgan fingerprint density at radius 2 is 2.26 bits per heavy atom. The molecular weight excluding hydrogens is 294 g/mol. The molecule has 4 aromatic rings. The molecule has 0 bridgehead atoms. The maximum Gasteiger partial charge on any atom is 0.278 e. The van der Waals surface area contributed by atoms with Gasteiger partial charge in [0.2, 0.25) is 0 Å². The largest absolute Gasteiger partial charge is 0.494 e. The minimum Gasteiger partial charge on any atom is -0.494 e. The predicted octanol–water partition coefficient (Wildman–Crippen LogP) is 2.92. The van der Waals surface area contributed by atoms with Crippen LogP contribution in [0, 0.1) is 0 Å². The van der Waals surface area contributed by atoms with Crippen molar-refractivity contribution < 1.29 is 9.15 Å². The number of ether oxygens (including phenoxy) is 1. The lowest BCUT2D eigenvalue weighted by Gasteiger charge is -2.03. The summed E-state index contributed by atoms with van der Waals surface area (Å²) in [6.45, 7) is 2.89. The van der Waals surface area contributed by atoms with Crippen molar-refractivity contribution in [3.8, 4) is 5.75 Å².